The van der Waals surface area contributed by atoms with Crippen molar-refractivity contribution in [1.82, 2.24) is 0 Å². The third-order valence-electron chi connectivity index (χ3n) is 3.73. The van der Waals surface area contributed by atoms with E-state index in [2.05, 4.69) is 48.1 Å². The van der Waals surface area contributed by atoms with E-state index in [4.69, 9.17) is 0 Å². The molecule has 0 atom stereocenters. The van der Waals surface area contributed by atoms with E-state index in [1.165, 1.54) is 16.6 Å². The van der Waals surface area contributed by atoms with Gasteiger partial charge in [0.1, 0.15) is 7.28 Å². The van der Waals surface area contributed by atoms with Gasteiger partial charge in [0.15, 0.2) is 5.78 Å². The van der Waals surface area contributed by atoms with Gasteiger partial charge < -0.3 is 0 Å². The number of benzene rings is 2. The minimum absolute atomic E-state index is 0.171. The van der Waals surface area contributed by atoms with Gasteiger partial charge in [0, 0.05) is 14.7 Å². The van der Waals surface area contributed by atoms with Crippen LogP contribution in [0, 0.1) is 3.57 Å². The van der Waals surface area contributed by atoms with E-state index in [0.717, 1.165) is 27.5 Å². The number of hydrogen-bond donors (Lipinski definition) is 0. The molecule has 2 aromatic carbocycles. The summed E-state index contributed by atoms with van der Waals surface area (Å²) in [5.41, 5.74) is 5.30. The molecule has 1 radical (unpaired) electrons. The van der Waals surface area contributed by atoms with Crippen molar-refractivity contribution < 1.29 is 4.79 Å². The lowest BCUT2D eigenvalue weighted by Gasteiger charge is -2.09. The Bertz CT molecular complexity index is 664. The van der Waals surface area contributed by atoms with Crippen molar-refractivity contribution in [3.05, 3.63) is 62.2 Å². The van der Waals surface area contributed by atoms with E-state index in [-0.39, 0.29) is 5.78 Å². The van der Waals surface area contributed by atoms with Gasteiger partial charge in [-0.25, -0.2) is 0 Å². The second-order valence-corrected chi connectivity index (χ2v) is 6.04. The van der Waals surface area contributed by atoms with Crippen LogP contribution in [-0.2, 0) is 12.8 Å². The SMILES string of the molecule is C[B]c1cccc2c1CCc1ccc(I)cc1C2=O. The van der Waals surface area contributed by atoms with Gasteiger partial charge in [-0.3, -0.25) is 4.79 Å². The standard InChI is InChI=1S/C16H13BIO/c1-17-15-4-2-3-13-12(15)8-6-10-5-7-11(18)9-14(10)16(13)19/h2-5,7,9H,6,8H2,1H3. The second kappa shape index (κ2) is 5.12. The molecular formula is C16H13BIO. The summed E-state index contributed by atoms with van der Waals surface area (Å²) in [6, 6.07) is 12.2. The molecule has 2 aromatic rings. The molecule has 0 amide bonds. The van der Waals surface area contributed by atoms with Crippen molar-refractivity contribution in [1.29, 1.82) is 0 Å². The van der Waals surface area contributed by atoms with E-state index in [0.29, 0.717) is 0 Å². The Morgan fingerprint density at radius 3 is 2.74 bits per heavy atom. The van der Waals surface area contributed by atoms with Crippen molar-refractivity contribution in [2.45, 2.75) is 19.7 Å². The highest BCUT2D eigenvalue weighted by Crippen LogP contribution is 2.25. The third-order valence-corrected chi connectivity index (χ3v) is 4.40. The van der Waals surface area contributed by atoms with Crippen LogP contribution in [0.5, 0.6) is 0 Å². The van der Waals surface area contributed by atoms with Crippen LogP contribution >= 0.6 is 22.6 Å². The lowest BCUT2D eigenvalue weighted by atomic mass is 9.69. The monoisotopic (exact) mass is 359 g/mol. The summed E-state index contributed by atoms with van der Waals surface area (Å²) in [5.74, 6) is 0.171. The normalized spacial score (nSPS) is 13.5. The number of halogens is 1. The second-order valence-electron chi connectivity index (χ2n) is 4.79. The van der Waals surface area contributed by atoms with Gasteiger partial charge in [0.25, 0.3) is 0 Å². The number of aryl methyl sites for hydroxylation is 1. The highest BCUT2D eigenvalue weighted by Gasteiger charge is 2.22. The van der Waals surface area contributed by atoms with Crippen LogP contribution in [0.25, 0.3) is 0 Å². The highest BCUT2D eigenvalue weighted by molar-refractivity contribution is 14.1. The fourth-order valence-corrected chi connectivity index (χ4v) is 3.24. The van der Waals surface area contributed by atoms with Crippen molar-refractivity contribution in [2.75, 3.05) is 0 Å². The molecule has 93 valence electrons. The zero-order valence-electron chi connectivity index (χ0n) is 10.7. The molecule has 0 saturated heterocycles. The first-order valence-corrected chi connectivity index (χ1v) is 7.53. The molecule has 0 N–H and O–H groups in total. The van der Waals surface area contributed by atoms with Crippen LogP contribution in [0.15, 0.2) is 36.4 Å². The quantitative estimate of drug-likeness (QED) is 0.565. The van der Waals surface area contributed by atoms with Crippen LogP contribution in [0.1, 0.15) is 27.0 Å². The van der Waals surface area contributed by atoms with Gasteiger partial charge in [-0.1, -0.05) is 36.6 Å². The van der Waals surface area contributed by atoms with Crippen molar-refractivity contribution >= 4 is 41.1 Å². The molecule has 0 unspecified atom stereocenters. The lowest BCUT2D eigenvalue weighted by molar-refractivity contribution is 0.103. The first kappa shape index (κ1) is 12.9. The summed E-state index contributed by atoms with van der Waals surface area (Å²) < 4.78 is 1.12. The van der Waals surface area contributed by atoms with Gasteiger partial charge >= 0.3 is 0 Å². The first-order chi connectivity index (χ1) is 9.20. The molecule has 19 heavy (non-hydrogen) atoms. The Labute approximate surface area is 127 Å². The van der Waals surface area contributed by atoms with Crippen LogP contribution in [0.2, 0.25) is 6.82 Å². The van der Waals surface area contributed by atoms with Crippen LogP contribution in [0.4, 0.5) is 0 Å². The third kappa shape index (κ3) is 2.24. The number of carbonyl (C=O) groups excluding carboxylic acids is 1. The molecular weight excluding hydrogens is 346 g/mol. The summed E-state index contributed by atoms with van der Waals surface area (Å²) in [6.07, 6.45) is 1.88. The van der Waals surface area contributed by atoms with Gasteiger partial charge in [-0.05, 0) is 58.7 Å². The molecule has 0 fully saturated rings. The zero-order chi connectivity index (χ0) is 13.4. The van der Waals surface area contributed by atoms with Gasteiger partial charge in [0.05, 0.1) is 0 Å². The number of carbonyl (C=O) groups is 1. The fraction of sp³-hybridized carbons (Fsp3) is 0.188. The smallest absolute Gasteiger partial charge is 0.193 e. The van der Waals surface area contributed by atoms with E-state index in [1.54, 1.807) is 0 Å². The molecule has 0 aliphatic heterocycles. The average molecular weight is 359 g/mol. The minimum atomic E-state index is 0.171. The van der Waals surface area contributed by atoms with Gasteiger partial charge in [-0.2, -0.15) is 0 Å². The van der Waals surface area contributed by atoms with E-state index in [9.17, 15) is 4.79 Å². The Hall–Kier alpha value is -1.10. The summed E-state index contributed by atoms with van der Waals surface area (Å²) in [4.78, 5) is 12.7. The maximum absolute atomic E-state index is 12.7. The molecule has 1 aliphatic carbocycles. The predicted molar refractivity (Wildman–Crippen MR) is 87.7 cm³/mol. The Kier molecular flexibility index (Phi) is 3.48. The zero-order valence-corrected chi connectivity index (χ0v) is 12.9. The maximum Gasteiger partial charge on any atom is 0.193 e. The van der Waals surface area contributed by atoms with Crippen LogP contribution < -0.4 is 5.46 Å². The Balaban J connectivity index is 2.21. The largest absolute Gasteiger partial charge is 0.289 e. The molecule has 1 nitrogen and oxygen atoms in total. The van der Waals surface area contributed by atoms with E-state index in [1.807, 2.05) is 25.0 Å². The minimum Gasteiger partial charge on any atom is -0.289 e. The summed E-state index contributed by atoms with van der Waals surface area (Å²) in [7, 11) is 2.09. The topological polar surface area (TPSA) is 17.1 Å². The average Bonchev–Trinajstić information content (AvgIpc) is 2.57. The number of fused-ring (bicyclic) bond motifs is 2. The summed E-state index contributed by atoms with van der Waals surface area (Å²) >= 11 is 2.26. The van der Waals surface area contributed by atoms with Gasteiger partial charge in [0.2, 0.25) is 0 Å². The molecule has 0 heterocycles. The number of hydrogen-bond acceptors (Lipinski definition) is 1. The Morgan fingerprint density at radius 1 is 1.11 bits per heavy atom. The van der Waals surface area contributed by atoms with Crippen LogP contribution in [0.3, 0.4) is 0 Å². The van der Waals surface area contributed by atoms with E-state index >= 15 is 0 Å². The lowest BCUT2D eigenvalue weighted by Crippen LogP contribution is -2.20. The molecule has 0 saturated carbocycles. The van der Waals surface area contributed by atoms with Gasteiger partial charge in [-0.15, -0.1) is 0 Å². The predicted octanol–water partition coefficient (Wildman–Crippen LogP) is 3.00. The maximum atomic E-state index is 12.7. The molecule has 1 aliphatic rings. The molecule has 0 spiro atoms. The van der Waals surface area contributed by atoms with E-state index < -0.39 is 0 Å². The molecule has 0 aromatic heterocycles. The number of rotatable bonds is 1. The molecule has 3 heteroatoms. The van der Waals surface area contributed by atoms with Crippen molar-refractivity contribution in [3.8, 4) is 0 Å². The first-order valence-electron chi connectivity index (χ1n) is 6.45. The molecule has 0 bridgehead atoms. The number of ketones is 1. The summed E-state index contributed by atoms with van der Waals surface area (Å²) in [5, 5.41) is 0. The summed E-state index contributed by atoms with van der Waals surface area (Å²) in [6.45, 7) is 2.03. The fourth-order valence-electron chi connectivity index (χ4n) is 2.75. The van der Waals surface area contributed by atoms with Crippen molar-refractivity contribution in [3.63, 3.8) is 0 Å². The highest BCUT2D eigenvalue weighted by atomic mass is 127. The van der Waals surface area contributed by atoms with Crippen LogP contribution in [-0.4, -0.2) is 13.1 Å². The molecule has 3 rings (SSSR count). The Morgan fingerprint density at radius 2 is 1.95 bits per heavy atom. The van der Waals surface area contributed by atoms with Crippen molar-refractivity contribution in [2.24, 2.45) is 0 Å².